The summed E-state index contributed by atoms with van der Waals surface area (Å²) in [5.74, 6) is -0.0580. The fourth-order valence-corrected chi connectivity index (χ4v) is 4.20. The van der Waals surface area contributed by atoms with Crippen molar-refractivity contribution in [1.29, 1.82) is 0 Å². The largest absolute Gasteiger partial charge is 0.365 e. The predicted octanol–water partition coefficient (Wildman–Crippen LogP) is 4.58. The number of carbonyl (C=O) groups is 1. The number of primary amides is 1. The van der Waals surface area contributed by atoms with Crippen molar-refractivity contribution in [1.82, 2.24) is 15.0 Å². The number of amides is 1. The summed E-state index contributed by atoms with van der Waals surface area (Å²) in [4.78, 5) is 27.7. The molecule has 0 saturated carbocycles. The van der Waals surface area contributed by atoms with E-state index in [0.717, 1.165) is 26.6 Å². The van der Waals surface area contributed by atoms with Gasteiger partial charge < -0.3 is 5.73 Å². The second kappa shape index (κ2) is 7.01. The summed E-state index contributed by atoms with van der Waals surface area (Å²) < 4.78 is 1.08. The van der Waals surface area contributed by atoms with Crippen LogP contribution in [0.5, 0.6) is 0 Å². The number of carbonyl (C=O) groups excluding carboxylic acids is 1. The number of benzene rings is 2. The van der Waals surface area contributed by atoms with Gasteiger partial charge in [0.05, 0.1) is 32.9 Å². The third-order valence-electron chi connectivity index (χ3n) is 4.54. The number of para-hydroxylation sites is 2. The molecule has 0 saturated heterocycles. The molecule has 0 bridgehead atoms. The second-order valence-corrected chi connectivity index (χ2v) is 7.53. The lowest BCUT2D eigenvalue weighted by molar-refractivity contribution is 0.0998. The molecule has 6 nitrogen and oxygen atoms in total. The highest BCUT2D eigenvalue weighted by molar-refractivity contribution is 7.22. The molecule has 0 aliphatic rings. The van der Waals surface area contributed by atoms with Crippen LogP contribution in [0.1, 0.15) is 27.3 Å². The lowest BCUT2D eigenvalue weighted by atomic mass is 10.1. The SMILES string of the molecule is Cc1ccccc1N(c1nc(C)c(C(N)=O)c(C)n1)c1nc2ccccc2s1. The number of rotatable bonds is 4. The highest BCUT2D eigenvalue weighted by Crippen LogP contribution is 2.39. The van der Waals surface area contributed by atoms with Gasteiger partial charge in [0.25, 0.3) is 5.91 Å². The molecule has 0 spiro atoms. The molecule has 0 unspecified atom stereocenters. The molecular formula is C21H19N5OS. The Morgan fingerprint density at radius 1 is 0.929 bits per heavy atom. The Morgan fingerprint density at radius 2 is 1.57 bits per heavy atom. The van der Waals surface area contributed by atoms with Gasteiger partial charge in [-0.25, -0.2) is 15.0 Å². The van der Waals surface area contributed by atoms with Crippen LogP contribution in [0.4, 0.5) is 16.8 Å². The number of nitrogens with two attached hydrogens (primary N) is 1. The first kappa shape index (κ1) is 18.1. The Balaban J connectivity index is 1.96. The Bertz CT molecular complexity index is 1140. The van der Waals surface area contributed by atoms with E-state index in [1.807, 2.05) is 60.4 Å². The Labute approximate surface area is 166 Å². The maximum Gasteiger partial charge on any atom is 0.252 e. The average molecular weight is 389 g/mol. The lowest BCUT2D eigenvalue weighted by Gasteiger charge is -2.23. The second-order valence-electron chi connectivity index (χ2n) is 6.52. The van der Waals surface area contributed by atoms with Crippen LogP contribution in [0.2, 0.25) is 0 Å². The Morgan fingerprint density at radius 3 is 2.21 bits per heavy atom. The molecule has 0 atom stereocenters. The Kier molecular flexibility index (Phi) is 4.52. The molecule has 2 aromatic heterocycles. The van der Waals surface area contributed by atoms with Crippen molar-refractivity contribution in [2.75, 3.05) is 4.90 Å². The predicted molar refractivity (Wildman–Crippen MR) is 113 cm³/mol. The van der Waals surface area contributed by atoms with Crippen LogP contribution < -0.4 is 10.6 Å². The molecule has 0 radical (unpaired) electrons. The van der Waals surface area contributed by atoms with Gasteiger partial charge in [0.15, 0.2) is 5.13 Å². The van der Waals surface area contributed by atoms with Gasteiger partial charge in [-0.3, -0.25) is 9.69 Å². The molecule has 28 heavy (non-hydrogen) atoms. The first-order chi connectivity index (χ1) is 13.5. The van der Waals surface area contributed by atoms with Crippen molar-refractivity contribution in [2.45, 2.75) is 20.8 Å². The minimum atomic E-state index is -0.524. The van der Waals surface area contributed by atoms with E-state index in [1.165, 1.54) is 0 Å². The van der Waals surface area contributed by atoms with Gasteiger partial charge >= 0.3 is 0 Å². The highest BCUT2D eigenvalue weighted by atomic mass is 32.1. The highest BCUT2D eigenvalue weighted by Gasteiger charge is 2.23. The topological polar surface area (TPSA) is 85.0 Å². The van der Waals surface area contributed by atoms with Gasteiger partial charge in [-0.05, 0) is 44.5 Å². The molecule has 2 aromatic carbocycles. The zero-order chi connectivity index (χ0) is 19.8. The van der Waals surface area contributed by atoms with E-state index in [1.54, 1.807) is 25.2 Å². The molecule has 2 heterocycles. The van der Waals surface area contributed by atoms with E-state index < -0.39 is 5.91 Å². The monoisotopic (exact) mass is 389 g/mol. The number of nitrogens with zero attached hydrogens (tertiary/aromatic N) is 4. The standard InChI is InChI=1S/C21H19N5OS/c1-12-8-4-6-10-16(12)26(21-25-15-9-5-7-11-17(15)28-21)20-23-13(2)18(19(22)27)14(3)24-20/h4-11H,1-3H3,(H2,22,27). The van der Waals surface area contributed by atoms with Gasteiger partial charge in [0.2, 0.25) is 5.95 Å². The molecular weight excluding hydrogens is 370 g/mol. The average Bonchev–Trinajstić information content (AvgIpc) is 3.06. The molecule has 0 fully saturated rings. The molecule has 4 rings (SSSR count). The number of hydrogen-bond donors (Lipinski definition) is 1. The van der Waals surface area contributed by atoms with Crippen LogP contribution in [0.25, 0.3) is 10.2 Å². The molecule has 140 valence electrons. The number of aryl methyl sites for hydroxylation is 3. The van der Waals surface area contributed by atoms with E-state index in [2.05, 4.69) is 9.97 Å². The van der Waals surface area contributed by atoms with Gasteiger partial charge in [-0.2, -0.15) is 0 Å². The molecule has 2 N–H and O–H groups in total. The van der Waals surface area contributed by atoms with Gasteiger partial charge in [0, 0.05) is 0 Å². The maximum atomic E-state index is 11.8. The van der Waals surface area contributed by atoms with E-state index >= 15 is 0 Å². The number of aromatic nitrogens is 3. The Hall–Kier alpha value is -3.32. The summed E-state index contributed by atoms with van der Waals surface area (Å²) in [6.07, 6.45) is 0. The number of thiazole rings is 1. The van der Waals surface area contributed by atoms with Crippen molar-refractivity contribution in [3.05, 3.63) is 71.0 Å². The van der Waals surface area contributed by atoms with Crippen LogP contribution in [-0.2, 0) is 0 Å². The summed E-state index contributed by atoms with van der Waals surface area (Å²) in [5, 5.41) is 0.765. The number of anilines is 3. The van der Waals surface area contributed by atoms with Gasteiger partial charge in [-0.1, -0.05) is 41.7 Å². The third-order valence-corrected chi connectivity index (χ3v) is 5.56. The summed E-state index contributed by atoms with van der Waals surface area (Å²) in [5.41, 5.74) is 9.88. The van der Waals surface area contributed by atoms with Crippen molar-refractivity contribution >= 4 is 44.2 Å². The number of fused-ring (bicyclic) bond motifs is 1. The van der Waals surface area contributed by atoms with E-state index in [0.29, 0.717) is 22.9 Å². The lowest BCUT2D eigenvalue weighted by Crippen LogP contribution is -2.20. The van der Waals surface area contributed by atoms with Crippen LogP contribution in [0.3, 0.4) is 0 Å². The maximum absolute atomic E-state index is 11.8. The molecule has 0 aliphatic carbocycles. The smallest absolute Gasteiger partial charge is 0.252 e. The van der Waals surface area contributed by atoms with Crippen molar-refractivity contribution in [3.8, 4) is 0 Å². The van der Waals surface area contributed by atoms with Crippen LogP contribution in [0, 0.1) is 20.8 Å². The summed E-state index contributed by atoms with van der Waals surface area (Å²) in [6, 6.07) is 16.0. The van der Waals surface area contributed by atoms with E-state index in [9.17, 15) is 4.79 Å². The third kappa shape index (κ3) is 3.10. The van der Waals surface area contributed by atoms with Crippen molar-refractivity contribution in [2.24, 2.45) is 5.73 Å². The van der Waals surface area contributed by atoms with Crippen LogP contribution in [-0.4, -0.2) is 20.9 Å². The number of hydrogen-bond acceptors (Lipinski definition) is 6. The minimum absolute atomic E-state index is 0.359. The van der Waals surface area contributed by atoms with Gasteiger partial charge in [0.1, 0.15) is 0 Å². The normalized spacial score (nSPS) is 11.0. The molecule has 7 heteroatoms. The van der Waals surface area contributed by atoms with E-state index in [4.69, 9.17) is 10.7 Å². The van der Waals surface area contributed by atoms with Gasteiger partial charge in [-0.15, -0.1) is 0 Å². The van der Waals surface area contributed by atoms with Crippen molar-refractivity contribution < 1.29 is 4.79 Å². The minimum Gasteiger partial charge on any atom is -0.365 e. The summed E-state index contributed by atoms with van der Waals surface area (Å²) >= 11 is 1.57. The zero-order valence-corrected chi connectivity index (χ0v) is 16.6. The summed E-state index contributed by atoms with van der Waals surface area (Å²) in [6.45, 7) is 5.58. The zero-order valence-electron chi connectivity index (χ0n) is 15.8. The molecule has 0 aliphatic heterocycles. The van der Waals surface area contributed by atoms with Crippen molar-refractivity contribution in [3.63, 3.8) is 0 Å². The summed E-state index contributed by atoms with van der Waals surface area (Å²) in [7, 11) is 0. The first-order valence-corrected chi connectivity index (χ1v) is 9.63. The first-order valence-electron chi connectivity index (χ1n) is 8.82. The quantitative estimate of drug-likeness (QED) is 0.552. The van der Waals surface area contributed by atoms with Crippen LogP contribution >= 0.6 is 11.3 Å². The van der Waals surface area contributed by atoms with Crippen LogP contribution in [0.15, 0.2) is 48.5 Å². The fraction of sp³-hybridized carbons (Fsp3) is 0.143. The molecule has 1 amide bonds. The molecule has 4 aromatic rings. The van der Waals surface area contributed by atoms with E-state index in [-0.39, 0.29) is 0 Å². The fourth-order valence-electron chi connectivity index (χ4n) is 3.22.